The molecule has 1 atom stereocenters. The second-order valence-corrected chi connectivity index (χ2v) is 5.92. The SMILES string of the molecule is CC(C/C=C/C=C/C(=O)O)CCCC(C)(C)C. The third-order valence-corrected chi connectivity index (χ3v) is 2.65. The lowest BCUT2D eigenvalue weighted by Gasteiger charge is -2.18. The van der Waals surface area contributed by atoms with Gasteiger partial charge in [-0.15, -0.1) is 0 Å². The lowest BCUT2D eigenvalue weighted by molar-refractivity contribution is -0.131. The fourth-order valence-corrected chi connectivity index (χ4v) is 1.63. The molecular weight excluding hydrogens is 212 g/mol. The predicted molar refractivity (Wildman–Crippen MR) is 73.0 cm³/mol. The molecule has 0 aliphatic heterocycles. The minimum atomic E-state index is -0.895. The first kappa shape index (κ1) is 16.0. The Hall–Kier alpha value is -1.05. The molecule has 0 rings (SSSR count). The Morgan fingerprint density at radius 1 is 1.29 bits per heavy atom. The molecule has 98 valence electrons. The number of aliphatic carboxylic acids is 1. The van der Waals surface area contributed by atoms with Gasteiger partial charge in [0.15, 0.2) is 0 Å². The number of rotatable bonds is 7. The fourth-order valence-electron chi connectivity index (χ4n) is 1.63. The van der Waals surface area contributed by atoms with E-state index in [0.717, 1.165) is 12.5 Å². The smallest absolute Gasteiger partial charge is 0.328 e. The van der Waals surface area contributed by atoms with Gasteiger partial charge in [-0.05, 0) is 24.2 Å². The summed E-state index contributed by atoms with van der Waals surface area (Å²) >= 11 is 0. The van der Waals surface area contributed by atoms with Crippen molar-refractivity contribution in [3.63, 3.8) is 0 Å². The summed E-state index contributed by atoms with van der Waals surface area (Å²) in [6, 6.07) is 0. The first-order valence-corrected chi connectivity index (χ1v) is 6.37. The van der Waals surface area contributed by atoms with E-state index in [1.165, 1.54) is 19.3 Å². The highest BCUT2D eigenvalue weighted by Gasteiger charge is 2.10. The first-order chi connectivity index (χ1) is 7.81. The van der Waals surface area contributed by atoms with Crippen LogP contribution in [0.1, 0.15) is 53.4 Å². The average Bonchev–Trinajstić information content (AvgIpc) is 2.14. The second kappa shape index (κ2) is 8.10. The average molecular weight is 238 g/mol. The molecule has 0 spiro atoms. The van der Waals surface area contributed by atoms with Gasteiger partial charge in [-0.25, -0.2) is 4.79 Å². The van der Waals surface area contributed by atoms with Gasteiger partial charge >= 0.3 is 5.97 Å². The predicted octanol–water partition coefficient (Wildman–Crippen LogP) is 4.43. The topological polar surface area (TPSA) is 37.3 Å². The highest BCUT2D eigenvalue weighted by atomic mass is 16.4. The Morgan fingerprint density at radius 2 is 1.94 bits per heavy atom. The van der Waals surface area contributed by atoms with E-state index in [1.54, 1.807) is 6.08 Å². The lowest BCUT2D eigenvalue weighted by atomic mass is 9.87. The molecule has 0 aliphatic carbocycles. The van der Waals surface area contributed by atoms with Crippen molar-refractivity contribution < 1.29 is 9.90 Å². The van der Waals surface area contributed by atoms with Crippen LogP contribution in [0.3, 0.4) is 0 Å². The Labute approximate surface area is 105 Å². The van der Waals surface area contributed by atoms with E-state index < -0.39 is 5.97 Å². The molecule has 0 aromatic carbocycles. The number of allylic oxidation sites excluding steroid dienone is 3. The van der Waals surface area contributed by atoms with Gasteiger partial charge in [-0.2, -0.15) is 0 Å². The van der Waals surface area contributed by atoms with E-state index in [2.05, 4.69) is 27.7 Å². The van der Waals surface area contributed by atoms with E-state index in [4.69, 9.17) is 5.11 Å². The Kier molecular flexibility index (Phi) is 7.60. The summed E-state index contributed by atoms with van der Waals surface area (Å²) in [6.45, 7) is 9.06. The number of carbonyl (C=O) groups is 1. The van der Waals surface area contributed by atoms with Crippen LogP contribution in [-0.4, -0.2) is 11.1 Å². The largest absolute Gasteiger partial charge is 0.478 e. The minimum absolute atomic E-state index is 0.430. The van der Waals surface area contributed by atoms with Crippen LogP contribution in [0.25, 0.3) is 0 Å². The van der Waals surface area contributed by atoms with Crippen LogP contribution >= 0.6 is 0 Å². The van der Waals surface area contributed by atoms with Gasteiger partial charge in [0.2, 0.25) is 0 Å². The van der Waals surface area contributed by atoms with Crippen molar-refractivity contribution in [2.24, 2.45) is 11.3 Å². The standard InChI is InChI=1S/C15H26O2/c1-13(10-8-12-15(2,3)4)9-6-5-7-11-14(16)17/h5-7,11,13H,8-10,12H2,1-4H3,(H,16,17)/b6-5+,11-7+. The summed E-state index contributed by atoms with van der Waals surface area (Å²) in [5, 5.41) is 8.39. The summed E-state index contributed by atoms with van der Waals surface area (Å²) in [5.41, 5.74) is 0.430. The number of carboxylic acid groups (broad SMARTS) is 1. The quantitative estimate of drug-likeness (QED) is 0.526. The number of carboxylic acids is 1. The molecule has 2 nitrogen and oxygen atoms in total. The molecule has 0 saturated heterocycles. The summed E-state index contributed by atoms with van der Waals surface area (Å²) in [7, 11) is 0. The highest BCUT2D eigenvalue weighted by molar-refractivity contribution is 5.80. The molecule has 0 amide bonds. The molecule has 0 saturated carbocycles. The lowest BCUT2D eigenvalue weighted by Crippen LogP contribution is -2.05. The molecule has 0 radical (unpaired) electrons. The maximum Gasteiger partial charge on any atom is 0.328 e. The molecule has 0 aliphatic rings. The van der Waals surface area contributed by atoms with Crippen LogP contribution in [0.15, 0.2) is 24.3 Å². The molecular formula is C15H26O2. The molecule has 0 aromatic heterocycles. The Bertz CT molecular complexity index is 269. The van der Waals surface area contributed by atoms with Crippen molar-refractivity contribution in [2.75, 3.05) is 0 Å². The summed E-state index contributed by atoms with van der Waals surface area (Å²) in [6.07, 6.45) is 11.4. The van der Waals surface area contributed by atoms with Crippen LogP contribution in [0.5, 0.6) is 0 Å². The van der Waals surface area contributed by atoms with Crippen molar-refractivity contribution in [1.82, 2.24) is 0 Å². The molecule has 0 bridgehead atoms. The molecule has 0 aromatic rings. The second-order valence-electron chi connectivity index (χ2n) is 5.92. The number of hydrogen-bond acceptors (Lipinski definition) is 1. The zero-order valence-electron chi connectivity index (χ0n) is 11.6. The maximum atomic E-state index is 10.2. The molecule has 0 heterocycles. The summed E-state index contributed by atoms with van der Waals surface area (Å²) in [5.74, 6) is -0.222. The van der Waals surface area contributed by atoms with Crippen molar-refractivity contribution in [3.8, 4) is 0 Å². The fraction of sp³-hybridized carbons (Fsp3) is 0.667. The zero-order chi connectivity index (χ0) is 13.3. The van der Waals surface area contributed by atoms with Gasteiger partial charge in [0.05, 0.1) is 0 Å². The van der Waals surface area contributed by atoms with Gasteiger partial charge < -0.3 is 5.11 Å². The maximum absolute atomic E-state index is 10.2. The van der Waals surface area contributed by atoms with E-state index in [0.29, 0.717) is 11.3 Å². The molecule has 0 fully saturated rings. The normalized spacial score (nSPS) is 14.6. The van der Waals surface area contributed by atoms with Crippen molar-refractivity contribution in [1.29, 1.82) is 0 Å². The van der Waals surface area contributed by atoms with E-state index in [9.17, 15) is 4.79 Å². The van der Waals surface area contributed by atoms with Crippen molar-refractivity contribution >= 4 is 5.97 Å². The van der Waals surface area contributed by atoms with Crippen LogP contribution in [0.4, 0.5) is 0 Å². The first-order valence-electron chi connectivity index (χ1n) is 6.37. The van der Waals surface area contributed by atoms with Gasteiger partial charge in [0, 0.05) is 6.08 Å². The summed E-state index contributed by atoms with van der Waals surface area (Å²) in [4.78, 5) is 10.2. The Balaban J connectivity index is 3.66. The number of hydrogen-bond donors (Lipinski definition) is 1. The minimum Gasteiger partial charge on any atom is -0.478 e. The van der Waals surface area contributed by atoms with Crippen molar-refractivity contribution in [2.45, 2.75) is 53.4 Å². The summed E-state index contributed by atoms with van der Waals surface area (Å²) < 4.78 is 0. The van der Waals surface area contributed by atoms with Gasteiger partial charge in [0.1, 0.15) is 0 Å². The molecule has 1 N–H and O–H groups in total. The van der Waals surface area contributed by atoms with Crippen molar-refractivity contribution in [3.05, 3.63) is 24.3 Å². The highest BCUT2D eigenvalue weighted by Crippen LogP contribution is 2.24. The van der Waals surface area contributed by atoms with Crippen LogP contribution in [0.2, 0.25) is 0 Å². The van der Waals surface area contributed by atoms with Gasteiger partial charge in [-0.1, -0.05) is 58.8 Å². The molecule has 17 heavy (non-hydrogen) atoms. The van der Waals surface area contributed by atoms with Crippen LogP contribution in [0, 0.1) is 11.3 Å². The molecule has 2 heteroatoms. The van der Waals surface area contributed by atoms with Crippen LogP contribution in [-0.2, 0) is 4.79 Å². The van der Waals surface area contributed by atoms with Crippen LogP contribution < -0.4 is 0 Å². The third-order valence-electron chi connectivity index (χ3n) is 2.65. The van der Waals surface area contributed by atoms with Gasteiger partial charge in [0.25, 0.3) is 0 Å². The Morgan fingerprint density at radius 3 is 2.47 bits per heavy atom. The third kappa shape index (κ3) is 12.9. The van der Waals surface area contributed by atoms with Gasteiger partial charge in [-0.3, -0.25) is 0 Å². The molecule has 1 unspecified atom stereocenters. The monoisotopic (exact) mass is 238 g/mol. The van der Waals surface area contributed by atoms with E-state index in [1.807, 2.05) is 12.2 Å². The van der Waals surface area contributed by atoms with E-state index in [-0.39, 0.29) is 0 Å². The van der Waals surface area contributed by atoms with E-state index >= 15 is 0 Å². The zero-order valence-corrected chi connectivity index (χ0v) is 11.6.